The highest BCUT2D eigenvalue weighted by atomic mass is 32.2. The van der Waals surface area contributed by atoms with Crippen molar-refractivity contribution in [2.45, 2.75) is 36.7 Å². The highest BCUT2D eigenvalue weighted by Crippen LogP contribution is 2.27. The van der Waals surface area contributed by atoms with Crippen molar-refractivity contribution >= 4 is 10.0 Å². The maximum atomic E-state index is 11.1. The van der Waals surface area contributed by atoms with Crippen molar-refractivity contribution in [3.8, 4) is 5.88 Å². The molecule has 2 rings (SSSR count). The molecule has 2 unspecified atom stereocenters. The Labute approximate surface area is 113 Å². The van der Waals surface area contributed by atoms with Gasteiger partial charge >= 0.3 is 0 Å². The summed E-state index contributed by atoms with van der Waals surface area (Å²) in [5, 5.41) is 5.01. The van der Waals surface area contributed by atoms with Gasteiger partial charge in [-0.3, -0.25) is 0 Å². The van der Waals surface area contributed by atoms with Crippen molar-refractivity contribution in [1.82, 2.24) is 4.98 Å². The van der Waals surface area contributed by atoms with Gasteiger partial charge in [0, 0.05) is 12.0 Å². The molecule has 19 heavy (non-hydrogen) atoms. The molecule has 4 N–H and O–H groups in total. The number of hydrogen-bond acceptors (Lipinski definition) is 5. The highest BCUT2D eigenvalue weighted by Gasteiger charge is 2.25. The first-order valence-corrected chi connectivity index (χ1v) is 7.91. The number of primary sulfonamides is 1. The topological polar surface area (TPSA) is 108 Å². The minimum atomic E-state index is -3.71. The van der Waals surface area contributed by atoms with E-state index in [2.05, 4.69) is 4.98 Å². The molecular weight excluding hydrogens is 266 g/mol. The summed E-state index contributed by atoms with van der Waals surface area (Å²) in [6.45, 7) is 0.597. The summed E-state index contributed by atoms with van der Waals surface area (Å²) in [5.74, 6) is 0.756. The molecule has 0 spiro atoms. The second-order valence-electron chi connectivity index (χ2n) is 4.81. The molecular formula is C12H19N3O3S. The number of hydrogen-bond donors (Lipinski definition) is 2. The normalized spacial score (nSPS) is 24.1. The Kier molecular flexibility index (Phi) is 4.38. The Morgan fingerprint density at radius 3 is 2.63 bits per heavy atom. The predicted octanol–water partition coefficient (Wildman–Crippen LogP) is 0.625. The van der Waals surface area contributed by atoms with Gasteiger partial charge in [-0.15, -0.1) is 0 Å². The van der Waals surface area contributed by atoms with Gasteiger partial charge in [0.15, 0.2) is 0 Å². The van der Waals surface area contributed by atoms with Crippen LogP contribution in [-0.4, -0.2) is 26.1 Å². The van der Waals surface area contributed by atoms with Crippen LogP contribution in [0.4, 0.5) is 0 Å². The molecule has 6 nitrogen and oxygen atoms in total. The SMILES string of the molecule is NCC1CCCCC1Oc1ccc(S(N)(=O)=O)cn1. The van der Waals surface area contributed by atoms with E-state index in [1.807, 2.05) is 0 Å². The van der Waals surface area contributed by atoms with Crippen molar-refractivity contribution in [3.63, 3.8) is 0 Å². The van der Waals surface area contributed by atoms with Crippen molar-refractivity contribution < 1.29 is 13.2 Å². The number of pyridine rings is 1. The quantitative estimate of drug-likeness (QED) is 0.843. The fourth-order valence-electron chi connectivity index (χ4n) is 2.36. The summed E-state index contributed by atoms with van der Waals surface area (Å²) < 4.78 is 28.0. The summed E-state index contributed by atoms with van der Waals surface area (Å²) in [5.41, 5.74) is 5.73. The van der Waals surface area contributed by atoms with Crippen LogP contribution in [-0.2, 0) is 10.0 Å². The van der Waals surface area contributed by atoms with E-state index in [9.17, 15) is 8.42 Å². The molecule has 1 fully saturated rings. The van der Waals surface area contributed by atoms with E-state index >= 15 is 0 Å². The molecule has 1 heterocycles. The summed E-state index contributed by atoms with van der Waals surface area (Å²) in [6, 6.07) is 2.93. The van der Waals surface area contributed by atoms with E-state index in [0.717, 1.165) is 19.3 Å². The Bertz CT molecular complexity index is 516. The van der Waals surface area contributed by atoms with Crippen LogP contribution in [0.5, 0.6) is 5.88 Å². The van der Waals surface area contributed by atoms with Gasteiger partial charge in [0.25, 0.3) is 0 Å². The molecule has 0 amide bonds. The molecule has 1 aromatic heterocycles. The van der Waals surface area contributed by atoms with Gasteiger partial charge in [-0.05, 0) is 31.9 Å². The molecule has 1 aliphatic rings. The lowest BCUT2D eigenvalue weighted by molar-refractivity contribution is 0.0922. The van der Waals surface area contributed by atoms with Crippen molar-refractivity contribution in [2.24, 2.45) is 16.8 Å². The number of nitrogens with two attached hydrogens (primary N) is 2. The third-order valence-corrected chi connectivity index (χ3v) is 4.35. The fraction of sp³-hybridized carbons (Fsp3) is 0.583. The van der Waals surface area contributed by atoms with Crippen LogP contribution in [0, 0.1) is 5.92 Å². The molecule has 1 aliphatic carbocycles. The zero-order valence-electron chi connectivity index (χ0n) is 10.7. The number of ether oxygens (including phenoxy) is 1. The van der Waals surface area contributed by atoms with E-state index < -0.39 is 10.0 Å². The lowest BCUT2D eigenvalue weighted by Gasteiger charge is -2.30. The number of sulfonamides is 1. The van der Waals surface area contributed by atoms with Crippen LogP contribution in [0.25, 0.3) is 0 Å². The van der Waals surface area contributed by atoms with Crippen molar-refractivity contribution in [1.29, 1.82) is 0 Å². The van der Waals surface area contributed by atoms with Crippen LogP contribution in [0.15, 0.2) is 23.2 Å². The first kappa shape index (κ1) is 14.2. The number of rotatable bonds is 4. The van der Waals surface area contributed by atoms with Crippen LogP contribution in [0.3, 0.4) is 0 Å². The van der Waals surface area contributed by atoms with Crippen LogP contribution in [0.2, 0.25) is 0 Å². The van der Waals surface area contributed by atoms with Crippen LogP contribution in [0.1, 0.15) is 25.7 Å². The molecule has 1 saturated carbocycles. The zero-order valence-corrected chi connectivity index (χ0v) is 11.5. The average molecular weight is 285 g/mol. The zero-order chi connectivity index (χ0) is 13.9. The number of aromatic nitrogens is 1. The van der Waals surface area contributed by atoms with Gasteiger partial charge in [-0.2, -0.15) is 0 Å². The summed E-state index contributed by atoms with van der Waals surface area (Å²) in [4.78, 5) is 3.97. The lowest BCUT2D eigenvalue weighted by Crippen LogP contribution is -2.35. The Morgan fingerprint density at radius 1 is 1.32 bits per heavy atom. The van der Waals surface area contributed by atoms with E-state index in [1.165, 1.54) is 24.8 Å². The monoisotopic (exact) mass is 285 g/mol. The highest BCUT2D eigenvalue weighted by molar-refractivity contribution is 7.89. The Morgan fingerprint density at radius 2 is 2.05 bits per heavy atom. The second-order valence-corrected chi connectivity index (χ2v) is 6.38. The smallest absolute Gasteiger partial charge is 0.239 e. The van der Waals surface area contributed by atoms with E-state index in [4.69, 9.17) is 15.6 Å². The third-order valence-electron chi connectivity index (χ3n) is 3.45. The molecule has 1 aromatic rings. The summed E-state index contributed by atoms with van der Waals surface area (Å²) in [7, 11) is -3.71. The Balaban J connectivity index is 2.06. The molecule has 0 saturated heterocycles. The summed E-state index contributed by atoms with van der Waals surface area (Å²) in [6.07, 6.45) is 5.60. The molecule has 0 radical (unpaired) electrons. The molecule has 0 bridgehead atoms. The maximum Gasteiger partial charge on any atom is 0.239 e. The minimum Gasteiger partial charge on any atom is -0.474 e. The van der Waals surface area contributed by atoms with Gasteiger partial charge in [0.2, 0.25) is 15.9 Å². The minimum absolute atomic E-state index is 0.0149. The number of nitrogens with zero attached hydrogens (tertiary/aromatic N) is 1. The van der Waals surface area contributed by atoms with Gasteiger partial charge < -0.3 is 10.5 Å². The van der Waals surface area contributed by atoms with E-state index in [0.29, 0.717) is 18.3 Å². The maximum absolute atomic E-state index is 11.1. The van der Waals surface area contributed by atoms with Gasteiger partial charge in [0.05, 0.1) is 6.20 Å². The first-order valence-electron chi connectivity index (χ1n) is 6.36. The van der Waals surface area contributed by atoms with Crippen LogP contribution >= 0.6 is 0 Å². The standard InChI is InChI=1S/C12H19N3O3S/c13-7-9-3-1-2-4-11(9)18-12-6-5-10(8-15-12)19(14,16)17/h5-6,8-9,11H,1-4,7,13H2,(H2,14,16,17). The molecule has 7 heteroatoms. The van der Waals surface area contributed by atoms with Crippen molar-refractivity contribution in [3.05, 3.63) is 18.3 Å². The molecule has 0 aliphatic heterocycles. The van der Waals surface area contributed by atoms with Gasteiger partial charge in [0.1, 0.15) is 11.0 Å². The Hall–Kier alpha value is -1.18. The third kappa shape index (κ3) is 3.65. The van der Waals surface area contributed by atoms with Gasteiger partial charge in [-0.25, -0.2) is 18.5 Å². The van der Waals surface area contributed by atoms with Crippen molar-refractivity contribution in [2.75, 3.05) is 6.54 Å². The largest absolute Gasteiger partial charge is 0.474 e. The lowest BCUT2D eigenvalue weighted by atomic mass is 9.86. The van der Waals surface area contributed by atoms with Crippen LogP contribution < -0.4 is 15.6 Å². The average Bonchev–Trinajstić information content (AvgIpc) is 2.39. The fourth-order valence-corrected chi connectivity index (χ4v) is 2.82. The predicted molar refractivity (Wildman–Crippen MR) is 71.0 cm³/mol. The molecule has 0 aromatic carbocycles. The molecule has 2 atom stereocenters. The second kappa shape index (κ2) is 5.85. The van der Waals surface area contributed by atoms with E-state index in [-0.39, 0.29) is 11.0 Å². The van der Waals surface area contributed by atoms with Gasteiger partial charge in [-0.1, -0.05) is 6.42 Å². The summed E-state index contributed by atoms with van der Waals surface area (Å²) >= 11 is 0. The molecule has 106 valence electrons. The first-order chi connectivity index (χ1) is 9.00. The van der Waals surface area contributed by atoms with E-state index in [1.54, 1.807) is 0 Å².